The summed E-state index contributed by atoms with van der Waals surface area (Å²) in [5.41, 5.74) is 2.58. The Labute approximate surface area is 91.3 Å². The lowest BCUT2D eigenvalue weighted by atomic mass is 10.5. The van der Waals surface area contributed by atoms with Gasteiger partial charge in [0.1, 0.15) is 0 Å². The molecular weight excluding hydrogens is 226 g/mol. The van der Waals surface area contributed by atoms with Crippen LogP contribution in [0.15, 0.2) is 10.5 Å². The van der Waals surface area contributed by atoms with E-state index in [0.29, 0.717) is 0 Å². The van der Waals surface area contributed by atoms with Gasteiger partial charge < -0.3 is 4.57 Å². The Morgan fingerprint density at radius 2 is 1.46 bits per heavy atom. The zero-order chi connectivity index (χ0) is 11.0. The number of aryl methyl sites for hydroxylation is 1. The summed E-state index contributed by atoms with van der Waals surface area (Å²) in [6, 6.07) is 2.12. The summed E-state index contributed by atoms with van der Waals surface area (Å²) in [7, 11) is 2.06. The van der Waals surface area contributed by atoms with Crippen LogP contribution in [0.25, 0.3) is 0 Å². The van der Waals surface area contributed by atoms with Crippen LogP contribution in [0.1, 0.15) is 39.1 Å². The summed E-state index contributed by atoms with van der Waals surface area (Å²) in [6.45, 7) is 12.2. The normalized spacial score (nSPS) is 8.00. The molecule has 1 heterocycles. The Kier molecular flexibility index (Phi) is 9.80. The van der Waals surface area contributed by atoms with Crippen molar-refractivity contribution in [3.05, 3.63) is 21.9 Å². The van der Waals surface area contributed by atoms with Gasteiger partial charge >= 0.3 is 0 Å². The maximum atomic E-state index is 3.45. The van der Waals surface area contributed by atoms with Crippen LogP contribution in [0.5, 0.6) is 0 Å². The molecule has 1 nitrogen and oxygen atoms in total. The van der Waals surface area contributed by atoms with Crippen LogP contribution in [0.3, 0.4) is 0 Å². The number of hydrogen-bond acceptors (Lipinski definition) is 0. The number of aromatic nitrogens is 1. The van der Waals surface area contributed by atoms with Crippen molar-refractivity contribution in [2.45, 2.75) is 41.5 Å². The molecule has 13 heavy (non-hydrogen) atoms. The Bertz CT molecular complexity index is 204. The molecule has 1 rings (SSSR count). The fourth-order valence-corrected chi connectivity index (χ4v) is 1.41. The summed E-state index contributed by atoms with van der Waals surface area (Å²) in [4.78, 5) is 0. The third kappa shape index (κ3) is 4.51. The number of nitrogens with zero attached hydrogens (tertiary/aromatic N) is 1. The zero-order valence-corrected chi connectivity index (χ0v) is 11.5. The van der Waals surface area contributed by atoms with Gasteiger partial charge in [0.05, 0.1) is 0 Å². The second-order valence-corrected chi connectivity index (χ2v) is 3.13. The minimum Gasteiger partial charge on any atom is -0.351 e. The maximum Gasteiger partial charge on any atom is 0.0384 e. The number of halogens is 1. The van der Waals surface area contributed by atoms with Crippen LogP contribution in [0.2, 0.25) is 0 Å². The minimum absolute atomic E-state index is 1.20. The molecule has 0 aliphatic heterocycles. The molecule has 0 aromatic carbocycles. The van der Waals surface area contributed by atoms with Crippen molar-refractivity contribution in [2.24, 2.45) is 7.05 Å². The molecule has 0 saturated heterocycles. The first-order valence-electron chi connectivity index (χ1n) is 4.91. The van der Waals surface area contributed by atoms with Crippen molar-refractivity contribution < 1.29 is 0 Å². The van der Waals surface area contributed by atoms with E-state index in [2.05, 4.69) is 47.5 Å². The zero-order valence-electron chi connectivity index (χ0n) is 9.90. The van der Waals surface area contributed by atoms with Crippen LogP contribution in [0.4, 0.5) is 0 Å². The second kappa shape index (κ2) is 8.36. The van der Waals surface area contributed by atoms with Crippen LogP contribution in [0, 0.1) is 13.8 Å². The molecule has 0 fully saturated rings. The Balaban J connectivity index is 0. The van der Waals surface area contributed by atoms with Crippen molar-refractivity contribution in [2.75, 3.05) is 0 Å². The summed E-state index contributed by atoms with van der Waals surface area (Å²) in [6.07, 6.45) is 0. The fourth-order valence-electron chi connectivity index (χ4n) is 0.809. The van der Waals surface area contributed by atoms with Gasteiger partial charge in [0, 0.05) is 22.9 Å². The smallest absolute Gasteiger partial charge is 0.0384 e. The number of rotatable bonds is 0. The molecule has 78 valence electrons. The highest BCUT2D eigenvalue weighted by Gasteiger charge is 2.00. The largest absolute Gasteiger partial charge is 0.351 e. The average molecular weight is 248 g/mol. The molecule has 0 spiro atoms. The molecule has 0 aliphatic rings. The van der Waals surface area contributed by atoms with Gasteiger partial charge in [0.25, 0.3) is 0 Å². The lowest BCUT2D eigenvalue weighted by Crippen LogP contribution is -1.91. The van der Waals surface area contributed by atoms with Crippen molar-refractivity contribution in [3.8, 4) is 0 Å². The van der Waals surface area contributed by atoms with Gasteiger partial charge in [-0.3, -0.25) is 0 Å². The van der Waals surface area contributed by atoms with Crippen molar-refractivity contribution in [1.82, 2.24) is 4.57 Å². The maximum absolute atomic E-state index is 3.45. The van der Waals surface area contributed by atoms with E-state index in [0.717, 1.165) is 0 Å². The van der Waals surface area contributed by atoms with E-state index in [9.17, 15) is 0 Å². The van der Waals surface area contributed by atoms with Gasteiger partial charge in [-0.25, -0.2) is 0 Å². The monoisotopic (exact) mass is 247 g/mol. The van der Waals surface area contributed by atoms with Crippen molar-refractivity contribution in [1.29, 1.82) is 0 Å². The lowest BCUT2D eigenvalue weighted by molar-refractivity contribution is 0.842. The first-order valence-corrected chi connectivity index (χ1v) is 5.70. The number of hydrogen-bond donors (Lipinski definition) is 0. The van der Waals surface area contributed by atoms with E-state index in [-0.39, 0.29) is 0 Å². The molecule has 0 atom stereocenters. The molecule has 0 unspecified atom stereocenters. The molecule has 1 aromatic rings. The van der Waals surface area contributed by atoms with E-state index < -0.39 is 0 Å². The third-order valence-corrected chi connectivity index (χ3v) is 2.52. The van der Waals surface area contributed by atoms with E-state index in [1.165, 1.54) is 15.9 Å². The second-order valence-electron chi connectivity index (χ2n) is 2.28. The minimum atomic E-state index is 1.20. The third-order valence-electron chi connectivity index (χ3n) is 1.71. The SMILES string of the molecule is CC.CC.Cc1cc(Br)c(C)n1C. The van der Waals surface area contributed by atoms with Crippen molar-refractivity contribution in [3.63, 3.8) is 0 Å². The van der Waals surface area contributed by atoms with Crippen LogP contribution >= 0.6 is 15.9 Å². The molecule has 0 bridgehead atoms. The Hall–Kier alpha value is -0.240. The van der Waals surface area contributed by atoms with Crippen LogP contribution in [-0.2, 0) is 7.05 Å². The molecule has 0 amide bonds. The van der Waals surface area contributed by atoms with Crippen LogP contribution in [-0.4, -0.2) is 4.57 Å². The fraction of sp³-hybridized carbons (Fsp3) is 0.636. The van der Waals surface area contributed by atoms with Gasteiger partial charge in [-0.2, -0.15) is 0 Å². The molecule has 0 aliphatic carbocycles. The van der Waals surface area contributed by atoms with Gasteiger partial charge in [-0.15, -0.1) is 0 Å². The van der Waals surface area contributed by atoms with Gasteiger partial charge in [-0.05, 0) is 35.8 Å². The predicted molar refractivity (Wildman–Crippen MR) is 65.3 cm³/mol. The summed E-state index contributed by atoms with van der Waals surface area (Å²) in [5.74, 6) is 0. The highest BCUT2D eigenvalue weighted by atomic mass is 79.9. The van der Waals surface area contributed by atoms with Gasteiger partial charge in [0.2, 0.25) is 0 Å². The lowest BCUT2D eigenvalue weighted by Gasteiger charge is -1.97. The first kappa shape index (κ1) is 15.2. The topological polar surface area (TPSA) is 4.93 Å². The summed E-state index contributed by atoms with van der Waals surface area (Å²) >= 11 is 3.45. The van der Waals surface area contributed by atoms with Crippen LogP contribution < -0.4 is 0 Å². The first-order chi connectivity index (χ1) is 6.13. The highest BCUT2D eigenvalue weighted by Crippen LogP contribution is 2.18. The van der Waals surface area contributed by atoms with Gasteiger partial charge in [0.15, 0.2) is 0 Å². The molecule has 0 N–H and O–H groups in total. The quantitative estimate of drug-likeness (QED) is 0.639. The summed E-state index contributed by atoms with van der Waals surface area (Å²) < 4.78 is 3.35. The standard InChI is InChI=1S/C7H10BrN.2C2H6/c1-5-4-7(8)6(2)9(5)3;2*1-2/h4H,1-3H3;2*1-2H3. The van der Waals surface area contributed by atoms with Crippen molar-refractivity contribution >= 4 is 15.9 Å². The predicted octanol–water partition coefficient (Wildman–Crippen LogP) is 4.46. The Morgan fingerprint density at radius 1 is 1.08 bits per heavy atom. The molecular formula is C11H22BrN. The summed E-state index contributed by atoms with van der Waals surface area (Å²) in [5, 5.41) is 0. The molecule has 2 heteroatoms. The van der Waals surface area contributed by atoms with E-state index >= 15 is 0 Å². The van der Waals surface area contributed by atoms with E-state index in [1.807, 2.05) is 27.7 Å². The molecule has 0 radical (unpaired) electrons. The molecule has 0 saturated carbocycles. The highest BCUT2D eigenvalue weighted by molar-refractivity contribution is 9.10. The Morgan fingerprint density at radius 3 is 1.54 bits per heavy atom. The molecule has 1 aromatic heterocycles. The average Bonchev–Trinajstić information content (AvgIpc) is 2.40. The van der Waals surface area contributed by atoms with Gasteiger partial charge in [-0.1, -0.05) is 27.7 Å². The van der Waals surface area contributed by atoms with E-state index in [1.54, 1.807) is 0 Å². The van der Waals surface area contributed by atoms with E-state index in [4.69, 9.17) is 0 Å².